The molecule has 0 aliphatic carbocycles. The lowest BCUT2D eigenvalue weighted by atomic mass is 10.1. The summed E-state index contributed by atoms with van der Waals surface area (Å²) in [5.41, 5.74) is 2.10. The van der Waals surface area contributed by atoms with Crippen molar-refractivity contribution in [2.75, 3.05) is 0 Å². The van der Waals surface area contributed by atoms with Crippen LogP contribution in [0.5, 0.6) is 5.88 Å². The number of nitrogens with zero attached hydrogens (tertiary/aromatic N) is 1. The van der Waals surface area contributed by atoms with Crippen LogP contribution < -0.4 is 4.74 Å². The summed E-state index contributed by atoms with van der Waals surface area (Å²) >= 11 is 0. The van der Waals surface area contributed by atoms with Crippen molar-refractivity contribution in [3.05, 3.63) is 23.4 Å². The molecule has 0 spiro atoms. The van der Waals surface area contributed by atoms with Gasteiger partial charge in [0.1, 0.15) is 0 Å². The Balaban J connectivity index is 3.01. The van der Waals surface area contributed by atoms with E-state index in [9.17, 15) is 4.79 Å². The molecule has 0 unspecified atom stereocenters. The minimum Gasteiger partial charge on any atom is -0.407 e. The van der Waals surface area contributed by atoms with Crippen molar-refractivity contribution < 1.29 is 9.53 Å². The molecular formula is C10H13NO2. The Kier molecular flexibility index (Phi) is 3.01. The number of pyridine rings is 1. The molecule has 0 aliphatic rings. The third kappa shape index (κ3) is 2.28. The van der Waals surface area contributed by atoms with Gasteiger partial charge in [-0.1, -0.05) is 6.92 Å². The smallest absolute Gasteiger partial charge is 0.309 e. The van der Waals surface area contributed by atoms with Gasteiger partial charge in [0.05, 0.1) is 0 Å². The molecule has 0 aromatic carbocycles. The van der Waals surface area contributed by atoms with Crippen LogP contribution in [0.25, 0.3) is 0 Å². The number of carbonyl (C=O) groups excluding carboxylic acids is 1. The summed E-state index contributed by atoms with van der Waals surface area (Å²) in [6.45, 7) is 5.34. The maximum Gasteiger partial charge on any atom is 0.309 e. The molecule has 0 bridgehead atoms. The Labute approximate surface area is 77.8 Å². The molecule has 13 heavy (non-hydrogen) atoms. The highest BCUT2D eigenvalue weighted by atomic mass is 16.5. The standard InChI is InChI=1S/C10H13NO2/c1-4-9-5-6-11-10(7(9)2)13-8(3)12/h5-6H,4H2,1-3H3. The van der Waals surface area contributed by atoms with Crippen LogP contribution in [0.3, 0.4) is 0 Å². The molecule has 0 aliphatic heterocycles. The first-order valence-corrected chi connectivity index (χ1v) is 4.28. The van der Waals surface area contributed by atoms with Gasteiger partial charge in [-0.3, -0.25) is 4.79 Å². The van der Waals surface area contributed by atoms with Crippen molar-refractivity contribution in [3.63, 3.8) is 0 Å². The summed E-state index contributed by atoms with van der Waals surface area (Å²) < 4.78 is 4.94. The Bertz CT molecular complexity index is 321. The van der Waals surface area contributed by atoms with E-state index in [0.717, 1.165) is 17.5 Å². The van der Waals surface area contributed by atoms with E-state index in [1.54, 1.807) is 6.20 Å². The fourth-order valence-electron chi connectivity index (χ4n) is 1.18. The zero-order valence-corrected chi connectivity index (χ0v) is 8.13. The van der Waals surface area contributed by atoms with Crippen LogP contribution in [0.15, 0.2) is 12.3 Å². The molecule has 0 amide bonds. The predicted octanol–water partition coefficient (Wildman–Crippen LogP) is 1.88. The minimum atomic E-state index is -0.330. The molecule has 1 aromatic rings. The van der Waals surface area contributed by atoms with Gasteiger partial charge in [-0.25, -0.2) is 4.98 Å². The average Bonchev–Trinajstić information content (AvgIpc) is 2.08. The largest absolute Gasteiger partial charge is 0.407 e. The fraction of sp³-hybridized carbons (Fsp3) is 0.400. The number of ether oxygens (including phenoxy) is 1. The third-order valence-corrected chi connectivity index (χ3v) is 1.89. The number of hydrogen-bond acceptors (Lipinski definition) is 3. The van der Waals surface area contributed by atoms with E-state index in [1.807, 2.05) is 13.0 Å². The number of carbonyl (C=O) groups is 1. The third-order valence-electron chi connectivity index (χ3n) is 1.89. The van der Waals surface area contributed by atoms with Gasteiger partial charge in [-0.15, -0.1) is 0 Å². The van der Waals surface area contributed by atoms with E-state index in [2.05, 4.69) is 11.9 Å². The maximum atomic E-state index is 10.7. The number of rotatable bonds is 2. The van der Waals surface area contributed by atoms with Gasteiger partial charge in [0.25, 0.3) is 0 Å². The quantitative estimate of drug-likeness (QED) is 0.651. The van der Waals surface area contributed by atoms with Crippen LogP contribution in [0.2, 0.25) is 0 Å². The summed E-state index contributed by atoms with van der Waals surface area (Å²) in [4.78, 5) is 14.7. The van der Waals surface area contributed by atoms with Crippen LogP contribution in [0, 0.1) is 6.92 Å². The number of hydrogen-bond donors (Lipinski definition) is 0. The Morgan fingerprint density at radius 2 is 2.31 bits per heavy atom. The van der Waals surface area contributed by atoms with Gasteiger partial charge in [-0.05, 0) is 25.0 Å². The summed E-state index contributed by atoms with van der Waals surface area (Å²) in [7, 11) is 0. The van der Waals surface area contributed by atoms with E-state index in [0.29, 0.717) is 5.88 Å². The second-order valence-electron chi connectivity index (χ2n) is 2.85. The first-order valence-electron chi connectivity index (χ1n) is 4.28. The molecule has 0 atom stereocenters. The van der Waals surface area contributed by atoms with Crippen molar-refractivity contribution in [1.82, 2.24) is 4.98 Å². The van der Waals surface area contributed by atoms with Gasteiger partial charge in [0.2, 0.25) is 5.88 Å². The minimum absolute atomic E-state index is 0.330. The van der Waals surface area contributed by atoms with Crippen molar-refractivity contribution in [3.8, 4) is 5.88 Å². The van der Waals surface area contributed by atoms with Gasteiger partial charge in [-0.2, -0.15) is 0 Å². The topological polar surface area (TPSA) is 39.2 Å². The van der Waals surface area contributed by atoms with Gasteiger partial charge >= 0.3 is 5.97 Å². The summed E-state index contributed by atoms with van der Waals surface area (Å²) in [5, 5.41) is 0. The molecule has 1 rings (SSSR count). The number of aromatic nitrogens is 1. The van der Waals surface area contributed by atoms with E-state index in [-0.39, 0.29) is 5.97 Å². The van der Waals surface area contributed by atoms with Crippen LogP contribution in [-0.2, 0) is 11.2 Å². The van der Waals surface area contributed by atoms with Crippen molar-refractivity contribution in [2.45, 2.75) is 27.2 Å². The molecule has 1 heterocycles. The first-order chi connectivity index (χ1) is 6.15. The summed E-state index contributed by atoms with van der Waals surface area (Å²) in [6, 6.07) is 1.93. The lowest BCUT2D eigenvalue weighted by Gasteiger charge is -2.07. The predicted molar refractivity (Wildman–Crippen MR) is 49.7 cm³/mol. The zero-order chi connectivity index (χ0) is 9.84. The second kappa shape index (κ2) is 4.03. The summed E-state index contributed by atoms with van der Waals surface area (Å²) in [5.74, 6) is 0.0932. The highest BCUT2D eigenvalue weighted by Crippen LogP contribution is 2.18. The van der Waals surface area contributed by atoms with Crippen molar-refractivity contribution >= 4 is 5.97 Å². The fourth-order valence-corrected chi connectivity index (χ4v) is 1.18. The van der Waals surface area contributed by atoms with Gasteiger partial charge in [0.15, 0.2) is 0 Å². The van der Waals surface area contributed by atoms with Crippen molar-refractivity contribution in [1.29, 1.82) is 0 Å². The van der Waals surface area contributed by atoms with Gasteiger partial charge in [0, 0.05) is 18.7 Å². The Hall–Kier alpha value is -1.38. The number of esters is 1. The molecule has 70 valence electrons. The van der Waals surface area contributed by atoms with E-state index in [4.69, 9.17) is 4.74 Å². The molecule has 0 N–H and O–H groups in total. The first kappa shape index (κ1) is 9.71. The second-order valence-corrected chi connectivity index (χ2v) is 2.85. The van der Waals surface area contributed by atoms with E-state index in [1.165, 1.54) is 6.92 Å². The summed E-state index contributed by atoms with van der Waals surface area (Å²) in [6.07, 6.45) is 2.58. The highest BCUT2D eigenvalue weighted by Gasteiger charge is 2.06. The monoisotopic (exact) mass is 179 g/mol. The lowest BCUT2D eigenvalue weighted by molar-refractivity contribution is -0.132. The number of aryl methyl sites for hydroxylation is 1. The molecule has 3 nitrogen and oxygen atoms in total. The maximum absolute atomic E-state index is 10.7. The SMILES string of the molecule is CCc1ccnc(OC(C)=O)c1C. The Morgan fingerprint density at radius 3 is 2.85 bits per heavy atom. The molecule has 0 saturated carbocycles. The average molecular weight is 179 g/mol. The van der Waals surface area contributed by atoms with Crippen LogP contribution in [-0.4, -0.2) is 11.0 Å². The normalized spacial score (nSPS) is 9.77. The van der Waals surface area contributed by atoms with E-state index >= 15 is 0 Å². The Morgan fingerprint density at radius 1 is 1.62 bits per heavy atom. The molecule has 0 radical (unpaired) electrons. The molecule has 0 fully saturated rings. The van der Waals surface area contributed by atoms with Crippen LogP contribution in [0.4, 0.5) is 0 Å². The van der Waals surface area contributed by atoms with E-state index < -0.39 is 0 Å². The van der Waals surface area contributed by atoms with Crippen LogP contribution >= 0.6 is 0 Å². The molecule has 1 aromatic heterocycles. The highest BCUT2D eigenvalue weighted by molar-refractivity contribution is 5.69. The zero-order valence-electron chi connectivity index (χ0n) is 8.13. The lowest BCUT2D eigenvalue weighted by Crippen LogP contribution is -2.05. The molecule has 0 saturated heterocycles. The van der Waals surface area contributed by atoms with Crippen molar-refractivity contribution in [2.24, 2.45) is 0 Å². The van der Waals surface area contributed by atoms with Crippen LogP contribution in [0.1, 0.15) is 25.0 Å². The molecule has 3 heteroatoms. The van der Waals surface area contributed by atoms with Gasteiger partial charge < -0.3 is 4.74 Å². The molecular weight excluding hydrogens is 166 g/mol.